The van der Waals surface area contributed by atoms with Crippen LogP contribution in [0.2, 0.25) is 0 Å². The van der Waals surface area contributed by atoms with Crippen LogP contribution >= 0.6 is 0 Å². The Morgan fingerprint density at radius 3 is 2.64 bits per heavy atom. The summed E-state index contributed by atoms with van der Waals surface area (Å²) in [5, 5.41) is 14.3. The van der Waals surface area contributed by atoms with Crippen molar-refractivity contribution in [3.05, 3.63) is 53.0 Å². The minimum Gasteiger partial charge on any atom is -0.357 e. The molecule has 0 aliphatic carbocycles. The molecule has 1 fully saturated rings. The maximum absolute atomic E-state index is 13.8. The maximum atomic E-state index is 13.8. The fourth-order valence-electron chi connectivity index (χ4n) is 3.23. The second kappa shape index (κ2) is 9.18. The van der Waals surface area contributed by atoms with E-state index in [9.17, 15) is 9.18 Å². The molecule has 0 bridgehead atoms. The number of urea groups is 1. The van der Waals surface area contributed by atoms with Crippen LogP contribution in [0.1, 0.15) is 42.4 Å². The summed E-state index contributed by atoms with van der Waals surface area (Å²) in [6, 6.07) is 7.95. The normalized spacial score (nSPS) is 14.1. The number of hydrogen-bond acceptors (Lipinski definition) is 4. The minimum atomic E-state index is -0.525. The number of aromatic nitrogens is 1. The van der Waals surface area contributed by atoms with Gasteiger partial charge in [-0.05, 0) is 43.5 Å². The molecule has 1 saturated heterocycles. The SMILES string of the molecule is Cc1c(F)cc(C#N)cc1NC(=O)NCc1ccc(N2CCCCCC2)nc1. The number of amides is 2. The summed E-state index contributed by atoms with van der Waals surface area (Å²) in [5.41, 5.74) is 1.61. The van der Waals surface area contributed by atoms with Gasteiger partial charge in [0, 0.05) is 37.1 Å². The van der Waals surface area contributed by atoms with Crippen LogP contribution in [0.25, 0.3) is 0 Å². The molecule has 146 valence electrons. The number of hydrogen-bond donors (Lipinski definition) is 2. The molecule has 3 rings (SSSR count). The highest BCUT2D eigenvalue weighted by Crippen LogP contribution is 2.20. The van der Waals surface area contributed by atoms with Gasteiger partial charge < -0.3 is 15.5 Å². The third kappa shape index (κ3) is 4.97. The highest BCUT2D eigenvalue weighted by Gasteiger charge is 2.12. The van der Waals surface area contributed by atoms with Crippen molar-refractivity contribution in [2.75, 3.05) is 23.3 Å². The quantitative estimate of drug-likeness (QED) is 0.835. The molecule has 2 amide bonds. The lowest BCUT2D eigenvalue weighted by molar-refractivity contribution is 0.251. The monoisotopic (exact) mass is 381 g/mol. The van der Waals surface area contributed by atoms with Crippen LogP contribution in [0, 0.1) is 24.1 Å². The van der Waals surface area contributed by atoms with Crippen molar-refractivity contribution >= 4 is 17.5 Å². The zero-order chi connectivity index (χ0) is 19.9. The van der Waals surface area contributed by atoms with E-state index in [1.165, 1.54) is 31.7 Å². The number of nitrogens with one attached hydrogen (secondary N) is 2. The molecule has 1 aliphatic heterocycles. The van der Waals surface area contributed by atoms with Crippen molar-refractivity contribution in [3.8, 4) is 6.07 Å². The highest BCUT2D eigenvalue weighted by atomic mass is 19.1. The molecular formula is C21H24FN5O. The zero-order valence-corrected chi connectivity index (χ0v) is 16.0. The van der Waals surface area contributed by atoms with Crippen molar-refractivity contribution in [3.63, 3.8) is 0 Å². The molecule has 2 N–H and O–H groups in total. The Bertz CT molecular complexity index is 868. The van der Waals surface area contributed by atoms with Gasteiger partial charge >= 0.3 is 6.03 Å². The van der Waals surface area contributed by atoms with E-state index in [1.807, 2.05) is 18.2 Å². The van der Waals surface area contributed by atoms with E-state index in [0.717, 1.165) is 30.5 Å². The molecule has 2 aromatic rings. The predicted octanol–water partition coefficient (Wildman–Crippen LogP) is 4.10. The number of pyridine rings is 1. The molecule has 7 heteroatoms. The molecule has 0 atom stereocenters. The van der Waals surface area contributed by atoms with Crippen LogP contribution in [0.3, 0.4) is 0 Å². The van der Waals surface area contributed by atoms with Crippen molar-refractivity contribution in [1.82, 2.24) is 10.3 Å². The fourth-order valence-corrected chi connectivity index (χ4v) is 3.23. The van der Waals surface area contributed by atoms with Gasteiger partial charge in [0.1, 0.15) is 11.6 Å². The first-order chi connectivity index (χ1) is 13.6. The minimum absolute atomic E-state index is 0.159. The van der Waals surface area contributed by atoms with Gasteiger partial charge in [-0.1, -0.05) is 18.9 Å². The lowest BCUT2D eigenvalue weighted by atomic mass is 10.1. The number of nitrogens with zero attached hydrogens (tertiary/aromatic N) is 3. The van der Waals surface area contributed by atoms with E-state index >= 15 is 0 Å². The molecule has 0 saturated carbocycles. The standard InChI is InChI=1S/C21H24FN5O/c1-15-18(22)10-17(12-23)11-19(15)26-21(28)25-14-16-6-7-20(24-13-16)27-8-4-2-3-5-9-27/h6-7,10-11,13H,2-5,8-9,14H2,1H3,(H2,25,26,28). The number of carbonyl (C=O) groups is 1. The summed E-state index contributed by atoms with van der Waals surface area (Å²) >= 11 is 0. The van der Waals surface area contributed by atoms with Crippen LogP contribution in [0.4, 0.5) is 20.7 Å². The lowest BCUT2D eigenvalue weighted by Gasteiger charge is -2.21. The summed E-state index contributed by atoms with van der Waals surface area (Å²) < 4.78 is 13.8. The average Bonchev–Trinajstić information content (AvgIpc) is 2.99. The summed E-state index contributed by atoms with van der Waals surface area (Å²) in [6.45, 7) is 3.92. The van der Waals surface area contributed by atoms with Gasteiger partial charge in [-0.2, -0.15) is 5.26 Å². The Morgan fingerprint density at radius 1 is 1.25 bits per heavy atom. The second-order valence-electron chi connectivity index (χ2n) is 6.98. The molecule has 0 unspecified atom stereocenters. The molecule has 1 aliphatic rings. The van der Waals surface area contributed by atoms with E-state index in [2.05, 4.69) is 20.5 Å². The van der Waals surface area contributed by atoms with Crippen LogP contribution < -0.4 is 15.5 Å². The van der Waals surface area contributed by atoms with Gasteiger partial charge in [0.15, 0.2) is 0 Å². The largest absolute Gasteiger partial charge is 0.357 e. The molecule has 0 radical (unpaired) electrons. The first kappa shape index (κ1) is 19.6. The number of anilines is 2. The number of rotatable bonds is 4. The van der Waals surface area contributed by atoms with Gasteiger partial charge in [-0.25, -0.2) is 14.2 Å². The topological polar surface area (TPSA) is 81.0 Å². The van der Waals surface area contributed by atoms with Gasteiger partial charge in [-0.15, -0.1) is 0 Å². The average molecular weight is 381 g/mol. The second-order valence-corrected chi connectivity index (χ2v) is 6.98. The van der Waals surface area contributed by atoms with Gasteiger partial charge in [0.2, 0.25) is 0 Å². The first-order valence-corrected chi connectivity index (χ1v) is 9.52. The Hall–Kier alpha value is -3.14. The van der Waals surface area contributed by atoms with Crippen molar-refractivity contribution in [2.24, 2.45) is 0 Å². The van der Waals surface area contributed by atoms with E-state index in [4.69, 9.17) is 5.26 Å². The summed E-state index contributed by atoms with van der Waals surface area (Å²) in [7, 11) is 0. The van der Waals surface area contributed by atoms with E-state index < -0.39 is 11.8 Å². The Morgan fingerprint density at radius 2 is 2.00 bits per heavy atom. The van der Waals surface area contributed by atoms with Gasteiger partial charge in [0.25, 0.3) is 0 Å². The Balaban J connectivity index is 1.56. The van der Waals surface area contributed by atoms with Crippen LogP contribution in [-0.4, -0.2) is 24.1 Å². The summed E-state index contributed by atoms with van der Waals surface area (Å²) in [5.74, 6) is 0.442. The molecule has 2 heterocycles. The maximum Gasteiger partial charge on any atom is 0.319 e. The van der Waals surface area contributed by atoms with Crippen molar-refractivity contribution < 1.29 is 9.18 Å². The zero-order valence-electron chi connectivity index (χ0n) is 16.0. The van der Waals surface area contributed by atoms with Crippen molar-refractivity contribution in [1.29, 1.82) is 5.26 Å². The molecule has 0 spiro atoms. The van der Waals surface area contributed by atoms with E-state index in [0.29, 0.717) is 6.54 Å². The predicted molar refractivity (Wildman–Crippen MR) is 107 cm³/mol. The fraction of sp³-hybridized carbons (Fsp3) is 0.381. The molecule has 28 heavy (non-hydrogen) atoms. The molecule has 6 nitrogen and oxygen atoms in total. The summed E-state index contributed by atoms with van der Waals surface area (Å²) in [6.07, 6.45) is 6.70. The van der Waals surface area contributed by atoms with Crippen LogP contribution in [-0.2, 0) is 6.54 Å². The molecular weight excluding hydrogens is 357 g/mol. The van der Waals surface area contributed by atoms with Crippen LogP contribution in [0.15, 0.2) is 30.5 Å². The Kier molecular flexibility index (Phi) is 6.43. The lowest BCUT2D eigenvalue weighted by Crippen LogP contribution is -2.29. The number of halogens is 1. The van der Waals surface area contributed by atoms with Crippen LogP contribution in [0.5, 0.6) is 0 Å². The Labute approximate surface area is 164 Å². The van der Waals surface area contributed by atoms with E-state index in [-0.39, 0.29) is 16.8 Å². The number of nitriles is 1. The molecule has 1 aromatic heterocycles. The van der Waals surface area contributed by atoms with Gasteiger partial charge in [-0.3, -0.25) is 0 Å². The van der Waals surface area contributed by atoms with Crippen molar-refractivity contribution in [2.45, 2.75) is 39.2 Å². The molecule has 1 aromatic carbocycles. The number of carbonyl (C=O) groups excluding carboxylic acids is 1. The number of benzene rings is 1. The van der Waals surface area contributed by atoms with Gasteiger partial charge in [0.05, 0.1) is 11.6 Å². The van der Waals surface area contributed by atoms with E-state index in [1.54, 1.807) is 13.1 Å². The third-order valence-electron chi connectivity index (χ3n) is 4.91. The first-order valence-electron chi connectivity index (χ1n) is 9.52. The highest BCUT2D eigenvalue weighted by molar-refractivity contribution is 5.90. The smallest absolute Gasteiger partial charge is 0.319 e. The summed E-state index contributed by atoms with van der Waals surface area (Å²) in [4.78, 5) is 19.0. The third-order valence-corrected chi connectivity index (χ3v) is 4.91.